The summed E-state index contributed by atoms with van der Waals surface area (Å²) < 4.78 is 15.2. The molecule has 0 amide bonds. The van der Waals surface area contributed by atoms with E-state index in [1.165, 1.54) is 49.6 Å². The van der Waals surface area contributed by atoms with Crippen molar-refractivity contribution in [1.29, 1.82) is 0 Å². The second-order valence-corrected chi connectivity index (χ2v) is 14.6. The fraction of sp³-hybridized carbons (Fsp3) is 0.105. The minimum absolute atomic E-state index is 0.219. The third kappa shape index (κ3) is 4.79. The molecule has 0 N–H and O–H groups in total. The highest BCUT2D eigenvalue weighted by Gasteiger charge is 2.23. The van der Waals surface area contributed by atoms with Crippen molar-refractivity contribution in [2.45, 2.75) is 12.3 Å². The third-order valence-electron chi connectivity index (χ3n) is 8.31. The van der Waals surface area contributed by atoms with Gasteiger partial charge in [-0.1, -0.05) is 103 Å². The number of rotatable bonds is 5. The van der Waals surface area contributed by atoms with Crippen LogP contribution >= 0.6 is 7.14 Å². The average Bonchev–Trinajstić information content (AvgIpc) is 3.35. The lowest BCUT2D eigenvalue weighted by Crippen LogP contribution is -2.01. The van der Waals surface area contributed by atoms with Crippen LogP contribution in [0.25, 0.3) is 49.7 Å². The number of hydrogen-bond acceptors (Lipinski definition) is 1. The summed E-state index contributed by atoms with van der Waals surface area (Å²) in [5, 5.41) is 3.55. The molecule has 0 bridgehead atoms. The predicted octanol–water partition coefficient (Wildman–Crippen LogP) is 10.7. The van der Waals surface area contributed by atoms with Crippen molar-refractivity contribution < 1.29 is 4.57 Å². The number of benzene rings is 5. The van der Waals surface area contributed by atoms with Crippen molar-refractivity contribution in [1.82, 2.24) is 4.57 Å². The van der Waals surface area contributed by atoms with Crippen LogP contribution in [0, 0.1) is 0 Å². The SMILES string of the molecule is CP(C)(=O)C1=CC=CC(c2ccc3c(c2)c2cc(-c4ccc(-c5ccccc5)cc4)ccc2n3-c2ccccc2)C1. The summed E-state index contributed by atoms with van der Waals surface area (Å²) in [5.41, 5.74) is 9.66. The molecule has 3 heteroatoms. The van der Waals surface area contributed by atoms with E-state index >= 15 is 0 Å². The molecular weight excluding hydrogens is 517 g/mol. The molecular formula is C38H32NOP. The van der Waals surface area contributed by atoms with Crippen molar-refractivity contribution >= 4 is 28.9 Å². The smallest absolute Gasteiger partial charge is 0.106 e. The number of allylic oxidation sites excluding steroid dienone is 4. The molecule has 1 heterocycles. The fourth-order valence-electron chi connectivity index (χ4n) is 6.08. The van der Waals surface area contributed by atoms with Crippen molar-refractivity contribution in [3.63, 3.8) is 0 Å². The van der Waals surface area contributed by atoms with Gasteiger partial charge < -0.3 is 9.13 Å². The molecule has 0 spiro atoms. The van der Waals surface area contributed by atoms with Gasteiger partial charge in [0.15, 0.2) is 0 Å². The van der Waals surface area contributed by atoms with Gasteiger partial charge in [-0.2, -0.15) is 0 Å². The normalized spacial score (nSPS) is 15.4. The van der Waals surface area contributed by atoms with Gasteiger partial charge >= 0.3 is 0 Å². The van der Waals surface area contributed by atoms with E-state index in [-0.39, 0.29) is 5.92 Å². The number of fused-ring (bicyclic) bond motifs is 3. The maximum atomic E-state index is 12.9. The Labute approximate surface area is 241 Å². The fourth-order valence-corrected chi connectivity index (χ4v) is 7.16. The number of aromatic nitrogens is 1. The molecule has 200 valence electrons. The molecule has 7 rings (SSSR count). The summed E-state index contributed by atoms with van der Waals surface area (Å²) in [7, 11) is -2.28. The Kier molecular flexibility index (Phi) is 6.37. The zero-order chi connectivity index (χ0) is 28.0. The van der Waals surface area contributed by atoms with Gasteiger partial charge in [0.25, 0.3) is 0 Å². The number of nitrogens with zero attached hydrogens (tertiary/aromatic N) is 1. The maximum Gasteiger partial charge on any atom is 0.106 e. The second-order valence-electron chi connectivity index (χ2n) is 11.3. The first-order valence-electron chi connectivity index (χ1n) is 14.2. The van der Waals surface area contributed by atoms with E-state index < -0.39 is 7.14 Å². The van der Waals surface area contributed by atoms with E-state index in [0.29, 0.717) is 0 Å². The van der Waals surface area contributed by atoms with Crippen LogP contribution in [-0.2, 0) is 4.57 Å². The molecule has 0 fully saturated rings. The van der Waals surface area contributed by atoms with Crippen molar-refractivity contribution in [3.8, 4) is 27.9 Å². The molecule has 1 aliphatic rings. The highest BCUT2D eigenvalue weighted by molar-refractivity contribution is 7.66. The third-order valence-corrected chi connectivity index (χ3v) is 10.0. The molecule has 0 saturated carbocycles. The summed E-state index contributed by atoms with van der Waals surface area (Å²) in [6.07, 6.45) is 7.18. The van der Waals surface area contributed by atoms with Crippen LogP contribution < -0.4 is 0 Å². The molecule has 0 aliphatic heterocycles. The van der Waals surface area contributed by atoms with Crippen LogP contribution in [0.4, 0.5) is 0 Å². The first-order valence-corrected chi connectivity index (χ1v) is 16.8. The zero-order valence-corrected chi connectivity index (χ0v) is 24.3. The van der Waals surface area contributed by atoms with Gasteiger partial charge in [0.05, 0.1) is 11.0 Å². The Hall–Kier alpha value is -4.39. The van der Waals surface area contributed by atoms with Crippen LogP contribution in [-0.4, -0.2) is 17.9 Å². The Morgan fingerprint density at radius 3 is 1.88 bits per heavy atom. The van der Waals surface area contributed by atoms with E-state index in [2.05, 4.69) is 138 Å². The van der Waals surface area contributed by atoms with Crippen molar-refractivity contribution in [2.24, 2.45) is 0 Å². The van der Waals surface area contributed by atoms with E-state index in [1.807, 2.05) is 19.4 Å². The average molecular weight is 550 g/mol. The monoisotopic (exact) mass is 549 g/mol. The minimum Gasteiger partial charge on any atom is -0.320 e. The van der Waals surface area contributed by atoms with Crippen LogP contribution in [0.1, 0.15) is 17.9 Å². The molecule has 0 radical (unpaired) electrons. The van der Waals surface area contributed by atoms with Gasteiger partial charge in [0.2, 0.25) is 0 Å². The molecule has 1 aromatic heterocycles. The minimum atomic E-state index is -2.28. The molecule has 1 aliphatic carbocycles. The van der Waals surface area contributed by atoms with Gasteiger partial charge in [-0.25, -0.2) is 0 Å². The summed E-state index contributed by atoms with van der Waals surface area (Å²) in [4.78, 5) is 0. The molecule has 1 atom stereocenters. The molecule has 0 saturated heterocycles. The topological polar surface area (TPSA) is 22.0 Å². The van der Waals surface area contributed by atoms with Crippen LogP contribution in [0.2, 0.25) is 0 Å². The first-order chi connectivity index (χ1) is 20.0. The maximum absolute atomic E-state index is 12.9. The van der Waals surface area contributed by atoms with Gasteiger partial charge in [0.1, 0.15) is 7.14 Å². The lowest BCUT2D eigenvalue weighted by molar-refractivity contribution is 0.584. The largest absolute Gasteiger partial charge is 0.320 e. The quantitative estimate of drug-likeness (QED) is 0.196. The van der Waals surface area contributed by atoms with Gasteiger partial charge in [0, 0.05) is 22.4 Å². The van der Waals surface area contributed by atoms with Crippen LogP contribution in [0.3, 0.4) is 0 Å². The zero-order valence-electron chi connectivity index (χ0n) is 23.4. The summed E-state index contributed by atoms with van der Waals surface area (Å²) >= 11 is 0. The standard InChI is InChI=1S/C38H32NOP/c1-41(2,40)34-15-9-12-30(24-34)32-21-23-38-36(26-32)35-25-31(20-22-37(35)39(38)33-13-7-4-8-14-33)29-18-16-28(17-19-29)27-10-5-3-6-11-27/h3-23,25-26,30H,24H2,1-2H3. The molecule has 5 aromatic carbocycles. The summed E-state index contributed by atoms with van der Waals surface area (Å²) in [6, 6.07) is 43.7. The first kappa shape index (κ1) is 25.6. The van der Waals surface area contributed by atoms with E-state index in [4.69, 9.17) is 0 Å². The number of hydrogen-bond donors (Lipinski definition) is 0. The summed E-state index contributed by atoms with van der Waals surface area (Å²) in [6.45, 7) is 3.75. The van der Waals surface area contributed by atoms with Gasteiger partial charge in [-0.15, -0.1) is 0 Å². The highest BCUT2D eigenvalue weighted by Crippen LogP contribution is 2.51. The molecule has 2 nitrogen and oxygen atoms in total. The molecule has 1 unspecified atom stereocenters. The second kappa shape index (κ2) is 10.2. The Bertz CT molecular complexity index is 1990. The van der Waals surface area contributed by atoms with E-state index in [9.17, 15) is 4.57 Å². The van der Waals surface area contributed by atoms with Crippen molar-refractivity contribution in [3.05, 3.63) is 150 Å². The Balaban J connectivity index is 1.36. The van der Waals surface area contributed by atoms with E-state index in [1.54, 1.807) is 0 Å². The number of para-hydroxylation sites is 1. The van der Waals surface area contributed by atoms with Crippen molar-refractivity contribution in [2.75, 3.05) is 13.3 Å². The Morgan fingerprint density at radius 1 is 0.634 bits per heavy atom. The van der Waals surface area contributed by atoms with Crippen LogP contribution in [0.15, 0.2) is 145 Å². The van der Waals surface area contributed by atoms with Gasteiger partial charge in [-0.3, -0.25) is 0 Å². The summed E-state index contributed by atoms with van der Waals surface area (Å²) in [5.74, 6) is 0.219. The van der Waals surface area contributed by atoms with Crippen LogP contribution in [0.5, 0.6) is 0 Å². The predicted molar refractivity (Wildman–Crippen MR) is 176 cm³/mol. The molecule has 6 aromatic rings. The lowest BCUT2D eigenvalue weighted by atomic mass is 9.91. The molecule has 41 heavy (non-hydrogen) atoms. The van der Waals surface area contributed by atoms with E-state index in [0.717, 1.165) is 17.4 Å². The lowest BCUT2D eigenvalue weighted by Gasteiger charge is -2.21. The highest BCUT2D eigenvalue weighted by atomic mass is 31.2. The van der Waals surface area contributed by atoms with Gasteiger partial charge in [-0.05, 0) is 89.3 Å². The Morgan fingerprint density at radius 2 is 1.20 bits per heavy atom.